The molecule has 2 rings (SSSR count). The fourth-order valence-electron chi connectivity index (χ4n) is 1.70. The number of anilines is 1. The zero-order chi connectivity index (χ0) is 15.8. The summed E-state index contributed by atoms with van der Waals surface area (Å²) in [5.41, 5.74) is 5.41. The summed E-state index contributed by atoms with van der Waals surface area (Å²) in [6, 6.07) is 5.30. The molecule has 112 valence electrons. The SMILES string of the molecule is COC(=O)c1sc(-c2ccc(Br)c(C(F)(F)F)c2)cc1N. The molecule has 2 aromatic rings. The van der Waals surface area contributed by atoms with Crippen LogP contribution in [-0.4, -0.2) is 13.1 Å². The summed E-state index contributed by atoms with van der Waals surface area (Å²) in [5.74, 6) is -0.614. The molecule has 0 bridgehead atoms. The number of benzene rings is 1. The van der Waals surface area contributed by atoms with Crippen molar-refractivity contribution in [3.63, 3.8) is 0 Å². The second kappa shape index (κ2) is 5.69. The maximum absolute atomic E-state index is 12.9. The molecule has 0 radical (unpaired) electrons. The maximum atomic E-state index is 12.9. The number of halogens is 4. The van der Waals surface area contributed by atoms with Gasteiger partial charge >= 0.3 is 12.1 Å². The molecule has 0 saturated heterocycles. The first kappa shape index (κ1) is 15.8. The minimum atomic E-state index is -4.47. The molecule has 0 amide bonds. The predicted molar refractivity (Wildman–Crippen MR) is 78.2 cm³/mol. The molecule has 8 heteroatoms. The Bertz CT molecular complexity index is 697. The summed E-state index contributed by atoms with van der Waals surface area (Å²) in [4.78, 5) is 12.1. The first-order chi connectivity index (χ1) is 9.74. The zero-order valence-corrected chi connectivity index (χ0v) is 13.0. The number of carbonyl (C=O) groups is 1. The molecule has 2 N–H and O–H groups in total. The Morgan fingerprint density at radius 1 is 1.33 bits per heavy atom. The number of nitrogens with two attached hydrogens (primary N) is 1. The van der Waals surface area contributed by atoms with Crippen molar-refractivity contribution in [2.45, 2.75) is 6.18 Å². The van der Waals surface area contributed by atoms with Crippen LogP contribution in [0.1, 0.15) is 15.2 Å². The van der Waals surface area contributed by atoms with Gasteiger partial charge in [0.25, 0.3) is 0 Å². The number of methoxy groups -OCH3 is 1. The molecule has 0 aliphatic heterocycles. The zero-order valence-electron chi connectivity index (χ0n) is 10.6. The van der Waals surface area contributed by atoms with Gasteiger partial charge in [0.05, 0.1) is 18.4 Å². The normalized spacial score (nSPS) is 11.5. The van der Waals surface area contributed by atoms with Crippen LogP contribution in [-0.2, 0) is 10.9 Å². The van der Waals surface area contributed by atoms with Gasteiger partial charge in [-0.1, -0.05) is 22.0 Å². The van der Waals surface area contributed by atoms with E-state index in [1.807, 2.05) is 0 Å². The van der Waals surface area contributed by atoms with Crippen LogP contribution in [0.25, 0.3) is 10.4 Å². The monoisotopic (exact) mass is 379 g/mol. The van der Waals surface area contributed by atoms with Gasteiger partial charge in [0.2, 0.25) is 0 Å². The number of carbonyl (C=O) groups excluding carboxylic acids is 1. The average Bonchev–Trinajstić information content (AvgIpc) is 2.79. The number of nitrogen functional groups attached to an aromatic ring is 1. The lowest BCUT2D eigenvalue weighted by molar-refractivity contribution is -0.138. The van der Waals surface area contributed by atoms with Gasteiger partial charge in [-0.3, -0.25) is 0 Å². The summed E-state index contributed by atoms with van der Waals surface area (Å²) >= 11 is 3.87. The first-order valence-corrected chi connectivity index (χ1v) is 7.19. The van der Waals surface area contributed by atoms with Crippen LogP contribution in [0.15, 0.2) is 28.7 Å². The fourth-order valence-corrected chi connectivity index (χ4v) is 3.16. The number of esters is 1. The third-order valence-corrected chi connectivity index (χ3v) is 4.56. The van der Waals surface area contributed by atoms with E-state index in [4.69, 9.17) is 5.73 Å². The van der Waals surface area contributed by atoms with Gasteiger partial charge in [-0.15, -0.1) is 11.3 Å². The molecule has 0 atom stereocenters. The van der Waals surface area contributed by atoms with Crippen LogP contribution in [0, 0.1) is 0 Å². The van der Waals surface area contributed by atoms with E-state index < -0.39 is 17.7 Å². The van der Waals surface area contributed by atoms with E-state index in [0.29, 0.717) is 10.4 Å². The second-order valence-corrected chi connectivity index (χ2v) is 5.99. The third-order valence-electron chi connectivity index (χ3n) is 2.69. The standard InChI is InChI=1S/C13H9BrF3NO2S/c1-20-12(19)11-9(18)5-10(21-11)6-2-3-8(14)7(4-6)13(15,16)17/h2-5H,18H2,1H3. The molecule has 1 aromatic heterocycles. The Balaban J connectivity index is 2.51. The van der Waals surface area contributed by atoms with Crippen molar-refractivity contribution in [2.24, 2.45) is 0 Å². The van der Waals surface area contributed by atoms with E-state index in [1.165, 1.54) is 25.3 Å². The fraction of sp³-hybridized carbons (Fsp3) is 0.154. The van der Waals surface area contributed by atoms with Gasteiger partial charge in [-0.05, 0) is 23.8 Å². The molecule has 1 aromatic carbocycles. The highest BCUT2D eigenvalue weighted by Crippen LogP contribution is 2.40. The Kier molecular flexibility index (Phi) is 4.29. The van der Waals surface area contributed by atoms with Crippen LogP contribution in [0.2, 0.25) is 0 Å². The minimum absolute atomic E-state index is 0.0449. The molecular formula is C13H9BrF3NO2S. The van der Waals surface area contributed by atoms with Gasteiger partial charge in [0, 0.05) is 9.35 Å². The number of hydrogen-bond donors (Lipinski definition) is 1. The highest BCUT2D eigenvalue weighted by molar-refractivity contribution is 9.10. The topological polar surface area (TPSA) is 52.3 Å². The van der Waals surface area contributed by atoms with Gasteiger partial charge in [0.15, 0.2) is 0 Å². The number of ether oxygens (including phenoxy) is 1. The molecule has 0 unspecified atom stereocenters. The van der Waals surface area contributed by atoms with Crippen molar-refractivity contribution in [3.05, 3.63) is 39.2 Å². The van der Waals surface area contributed by atoms with E-state index >= 15 is 0 Å². The van der Waals surface area contributed by atoms with E-state index in [1.54, 1.807) is 0 Å². The van der Waals surface area contributed by atoms with Gasteiger partial charge in [-0.25, -0.2) is 4.79 Å². The number of thiophene rings is 1. The summed E-state index contributed by atoms with van der Waals surface area (Å²) in [5, 5.41) is 0. The highest BCUT2D eigenvalue weighted by atomic mass is 79.9. The molecule has 0 aliphatic carbocycles. The van der Waals surface area contributed by atoms with Gasteiger partial charge < -0.3 is 10.5 Å². The Labute approximate surface area is 130 Å². The Morgan fingerprint density at radius 3 is 2.57 bits per heavy atom. The van der Waals surface area contributed by atoms with Gasteiger partial charge in [0.1, 0.15) is 4.88 Å². The molecule has 0 aliphatic rings. The maximum Gasteiger partial charge on any atom is 0.417 e. The van der Waals surface area contributed by atoms with E-state index in [9.17, 15) is 18.0 Å². The van der Waals surface area contributed by atoms with Crippen LogP contribution in [0.5, 0.6) is 0 Å². The van der Waals surface area contributed by atoms with E-state index in [2.05, 4.69) is 20.7 Å². The summed E-state index contributed by atoms with van der Waals surface area (Å²) in [6.07, 6.45) is -4.47. The van der Waals surface area contributed by atoms with Crippen LogP contribution in [0.3, 0.4) is 0 Å². The number of rotatable bonds is 2. The average molecular weight is 380 g/mol. The van der Waals surface area contributed by atoms with Crippen LogP contribution in [0.4, 0.5) is 18.9 Å². The predicted octanol–water partition coefficient (Wildman–Crippen LogP) is 4.57. The first-order valence-electron chi connectivity index (χ1n) is 5.58. The van der Waals surface area contributed by atoms with Crippen molar-refractivity contribution in [3.8, 4) is 10.4 Å². The lowest BCUT2D eigenvalue weighted by atomic mass is 10.1. The Hall–Kier alpha value is -1.54. The summed E-state index contributed by atoms with van der Waals surface area (Å²) in [7, 11) is 1.21. The molecule has 21 heavy (non-hydrogen) atoms. The number of alkyl halides is 3. The lowest BCUT2D eigenvalue weighted by Gasteiger charge is -2.10. The minimum Gasteiger partial charge on any atom is -0.465 e. The molecule has 0 fully saturated rings. The second-order valence-electron chi connectivity index (χ2n) is 4.08. The Morgan fingerprint density at radius 2 is 2.00 bits per heavy atom. The van der Waals surface area contributed by atoms with E-state index in [0.717, 1.165) is 17.4 Å². The quantitative estimate of drug-likeness (QED) is 0.777. The van der Waals surface area contributed by atoms with E-state index in [-0.39, 0.29) is 15.0 Å². The summed E-state index contributed by atoms with van der Waals surface area (Å²) < 4.78 is 43.2. The smallest absolute Gasteiger partial charge is 0.417 e. The van der Waals surface area contributed by atoms with Crippen LogP contribution >= 0.6 is 27.3 Å². The van der Waals surface area contributed by atoms with Crippen molar-refractivity contribution in [1.82, 2.24) is 0 Å². The largest absolute Gasteiger partial charge is 0.465 e. The van der Waals surface area contributed by atoms with Crippen molar-refractivity contribution >= 4 is 38.9 Å². The summed E-state index contributed by atoms with van der Waals surface area (Å²) in [6.45, 7) is 0. The number of hydrogen-bond acceptors (Lipinski definition) is 4. The molecular weight excluding hydrogens is 371 g/mol. The highest BCUT2D eigenvalue weighted by Gasteiger charge is 2.33. The van der Waals surface area contributed by atoms with Crippen LogP contribution < -0.4 is 5.73 Å². The van der Waals surface area contributed by atoms with Crippen molar-refractivity contribution < 1.29 is 22.7 Å². The van der Waals surface area contributed by atoms with Gasteiger partial charge in [-0.2, -0.15) is 13.2 Å². The molecule has 0 spiro atoms. The van der Waals surface area contributed by atoms with Crippen molar-refractivity contribution in [1.29, 1.82) is 0 Å². The molecule has 3 nitrogen and oxygen atoms in total. The van der Waals surface area contributed by atoms with Crippen molar-refractivity contribution in [2.75, 3.05) is 12.8 Å². The molecule has 1 heterocycles. The lowest BCUT2D eigenvalue weighted by Crippen LogP contribution is -2.05. The third kappa shape index (κ3) is 3.21. The molecule has 0 saturated carbocycles.